The van der Waals surface area contributed by atoms with Gasteiger partial charge in [0, 0.05) is 32.7 Å². The number of hydrogen-bond donors (Lipinski definition) is 2. The van der Waals surface area contributed by atoms with Gasteiger partial charge < -0.3 is 15.3 Å². The summed E-state index contributed by atoms with van der Waals surface area (Å²) >= 11 is 0. The van der Waals surface area contributed by atoms with Crippen LogP contribution in [0.15, 0.2) is 11.6 Å². The van der Waals surface area contributed by atoms with Crippen LogP contribution in [0.5, 0.6) is 0 Å². The molecule has 5 aliphatic rings. The van der Waals surface area contributed by atoms with Crippen LogP contribution in [0.2, 0.25) is 0 Å². The summed E-state index contributed by atoms with van der Waals surface area (Å²) in [5.74, 6) is 4.44. The van der Waals surface area contributed by atoms with E-state index in [1.165, 1.54) is 71.2 Å². The highest BCUT2D eigenvalue weighted by Crippen LogP contribution is 2.67. The minimum atomic E-state index is -0.0820. The summed E-state index contributed by atoms with van der Waals surface area (Å²) in [4.78, 5) is 2.72. The maximum absolute atomic E-state index is 10.2. The Balaban J connectivity index is 1.33. The summed E-state index contributed by atoms with van der Waals surface area (Å²) in [7, 11) is 0. The zero-order valence-electron chi connectivity index (χ0n) is 19.1. The smallest absolute Gasteiger partial charge is 0.0577 e. The van der Waals surface area contributed by atoms with E-state index in [9.17, 15) is 5.11 Å². The number of nitrogens with one attached hydrogen (secondary N) is 1. The van der Waals surface area contributed by atoms with Gasteiger partial charge in [0.1, 0.15) is 0 Å². The van der Waals surface area contributed by atoms with E-state index in [1.807, 2.05) is 0 Å². The monoisotopic (exact) mass is 400 g/mol. The molecule has 1 heterocycles. The maximum atomic E-state index is 10.2. The van der Waals surface area contributed by atoms with Crippen LogP contribution in [0.1, 0.15) is 72.1 Å². The van der Waals surface area contributed by atoms with Gasteiger partial charge in [-0.25, -0.2) is 0 Å². The first-order valence-electron chi connectivity index (χ1n) is 12.7. The number of aliphatic hydroxyl groups excluding tert-OH is 1. The molecule has 164 valence electrons. The third-order valence-corrected chi connectivity index (χ3v) is 10.6. The van der Waals surface area contributed by atoms with Crippen LogP contribution in [0.4, 0.5) is 0 Å². The van der Waals surface area contributed by atoms with Crippen LogP contribution in [0.25, 0.3) is 0 Å². The zero-order chi connectivity index (χ0) is 20.2. The van der Waals surface area contributed by atoms with E-state index < -0.39 is 0 Å². The van der Waals surface area contributed by atoms with Crippen molar-refractivity contribution in [3.05, 3.63) is 11.6 Å². The second-order valence-electron chi connectivity index (χ2n) is 11.9. The molecule has 3 nitrogen and oxygen atoms in total. The molecule has 8 atom stereocenters. The summed E-state index contributed by atoms with van der Waals surface area (Å²) in [6, 6.07) is 0. The summed E-state index contributed by atoms with van der Waals surface area (Å²) in [5.41, 5.74) is 2.56. The molecular formula is C26H44N2O. The third-order valence-electron chi connectivity index (χ3n) is 10.6. The number of rotatable bonds is 3. The molecule has 3 saturated carbocycles. The third kappa shape index (κ3) is 3.34. The molecule has 3 heteroatoms. The van der Waals surface area contributed by atoms with Crippen molar-refractivity contribution >= 4 is 0 Å². The van der Waals surface area contributed by atoms with Crippen LogP contribution < -0.4 is 5.32 Å². The summed E-state index contributed by atoms with van der Waals surface area (Å²) in [6.07, 6.45) is 12.8. The van der Waals surface area contributed by atoms with Crippen LogP contribution in [0, 0.1) is 40.4 Å². The number of hydrogen-bond acceptors (Lipinski definition) is 3. The van der Waals surface area contributed by atoms with Crippen molar-refractivity contribution < 1.29 is 5.11 Å². The number of fused-ring (bicyclic) bond motifs is 5. The van der Waals surface area contributed by atoms with Gasteiger partial charge in [0.05, 0.1) is 6.10 Å². The Hall–Kier alpha value is -0.380. The summed E-state index contributed by atoms with van der Waals surface area (Å²) < 4.78 is 0. The molecule has 0 spiro atoms. The maximum Gasteiger partial charge on any atom is 0.0577 e. The highest BCUT2D eigenvalue weighted by atomic mass is 16.3. The first-order chi connectivity index (χ1) is 13.9. The van der Waals surface area contributed by atoms with E-state index in [0.29, 0.717) is 10.8 Å². The van der Waals surface area contributed by atoms with Gasteiger partial charge in [0.25, 0.3) is 0 Å². The van der Waals surface area contributed by atoms with Crippen molar-refractivity contribution in [3.8, 4) is 0 Å². The van der Waals surface area contributed by atoms with Gasteiger partial charge in [-0.05, 0) is 91.8 Å². The first kappa shape index (κ1) is 20.5. The van der Waals surface area contributed by atoms with Gasteiger partial charge in [-0.1, -0.05) is 32.4 Å². The van der Waals surface area contributed by atoms with Crippen LogP contribution in [-0.2, 0) is 0 Å². The zero-order valence-corrected chi connectivity index (χ0v) is 19.1. The van der Waals surface area contributed by atoms with Gasteiger partial charge >= 0.3 is 0 Å². The minimum absolute atomic E-state index is 0.0820. The highest BCUT2D eigenvalue weighted by Gasteiger charge is 2.59. The van der Waals surface area contributed by atoms with Crippen molar-refractivity contribution in [2.45, 2.75) is 78.2 Å². The predicted octanol–water partition coefficient (Wildman–Crippen LogP) is 4.47. The molecule has 0 aromatic heterocycles. The average Bonchev–Trinajstić information content (AvgIpc) is 3.06. The number of piperazine rings is 1. The summed E-state index contributed by atoms with van der Waals surface area (Å²) in [5, 5.41) is 13.7. The SMILES string of the molecule is C[C@H](CN1CCNCC1)[C@H]1CCC2C3CC=C4C[C@@H](O)CC[C@]4(C)C3CC[C@@]21C. The van der Waals surface area contributed by atoms with Crippen molar-refractivity contribution in [2.75, 3.05) is 32.7 Å². The minimum Gasteiger partial charge on any atom is -0.393 e. The fraction of sp³-hybridized carbons (Fsp3) is 0.923. The lowest BCUT2D eigenvalue weighted by Gasteiger charge is -2.58. The topological polar surface area (TPSA) is 35.5 Å². The Morgan fingerprint density at radius 3 is 2.69 bits per heavy atom. The lowest BCUT2D eigenvalue weighted by atomic mass is 9.47. The first-order valence-corrected chi connectivity index (χ1v) is 12.7. The van der Waals surface area contributed by atoms with E-state index in [-0.39, 0.29) is 6.10 Å². The van der Waals surface area contributed by atoms with E-state index in [2.05, 4.69) is 37.1 Å². The van der Waals surface area contributed by atoms with Gasteiger partial charge in [-0.15, -0.1) is 0 Å². The Morgan fingerprint density at radius 1 is 1.10 bits per heavy atom. The molecule has 0 aromatic rings. The van der Waals surface area contributed by atoms with Gasteiger partial charge in [0.15, 0.2) is 0 Å². The fourth-order valence-electron chi connectivity index (χ4n) is 9.05. The second-order valence-corrected chi connectivity index (χ2v) is 11.9. The van der Waals surface area contributed by atoms with Crippen LogP contribution in [-0.4, -0.2) is 48.8 Å². The molecule has 0 radical (unpaired) electrons. The Kier molecular flexibility index (Phi) is 5.40. The molecular weight excluding hydrogens is 356 g/mol. The van der Waals surface area contributed by atoms with Crippen LogP contribution >= 0.6 is 0 Å². The van der Waals surface area contributed by atoms with Gasteiger partial charge in [0.2, 0.25) is 0 Å². The molecule has 29 heavy (non-hydrogen) atoms. The molecule has 1 aliphatic heterocycles. The standard InChI is InChI=1S/C26H44N2O/c1-18(17-28-14-12-27-13-15-28)22-6-7-23-21-5-4-19-16-20(29)8-10-25(19,2)24(21)9-11-26(22,23)3/h4,18,20-24,27,29H,5-17H2,1-3H3/t18-,20+,21?,22-,23?,24?,25+,26-/m1/s1. The Bertz CT molecular complexity index is 641. The molecule has 0 aromatic carbocycles. The Morgan fingerprint density at radius 2 is 1.90 bits per heavy atom. The van der Waals surface area contributed by atoms with Gasteiger partial charge in [-0.2, -0.15) is 0 Å². The quantitative estimate of drug-likeness (QED) is 0.686. The molecule has 2 N–H and O–H groups in total. The van der Waals surface area contributed by atoms with E-state index >= 15 is 0 Å². The van der Waals surface area contributed by atoms with Crippen LogP contribution in [0.3, 0.4) is 0 Å². The predicted molar refractivity (Wildman–Crippen MR) is 120 cm³/mol. The molecule has 4 fully saturated rings. The largest absolute Gasteiger partial charge is 0.393 e. The van der Waals surface area contributed by atoms with E-state index in [0.717, 1.165) is 42.4 Å². The average molecular weight is 401 g/mol. The molecule has 3 unspecified atom stereocenters. The number of allylic oxidation sites excluding steroid dienone is 1. The molecule has 1 saturated heterocycles. The highest BCUT2D eigenvalue weighted by molar-refractivity contribution is 5.25. The van der Waals surface area contributed by atoms with E-state index in [1.54, 1.807) is 5.57 Å². The lowest BCUT2D eigenvalue weighted by Crippen LogP contribution is -2.51. The van der Waals surface area contributed by atoms with Gasteiger partial charge in [-0.3, -0.25) is 0 Å². The van der Waals surface area contributed by atoms with E-state index in [4.69, 9.17) is 0 Å². The molecule has 4 aliphatic carbocycles. The normalized spacial score (nSPS) is 49.0. The van der Waals surface area contributed by atoms with Crippen molar-refractivity contribution in [1.82, 2.24) is 10.2 Å². The number of aliphatic hydroxyl groups is 1. The second kappa shape index (κ2) is 7.64. The lowest BCUT2D eigenvalue weighted by molar-refractivity contribution is -0.0586. The molecule has 5 rings (SSSR count). The fourth-order valence-corrected chi connectivity index (χ4v) is 9.05. The Labute approximate surface area is 178 Å². The molecule has 0 amide bonds. The van der Waals surface area contributed by atoms with Crippen molar-refractivity contribution in [1.29, 1.82) is 0 Å². The van der Waals surface area contributed by atoms with Crippen molar-refractivity contribution in [3.63, 3.8) is 0 Å². The molecule has 0 bridgehead atoms. The number of nitrogens with zero attached hydrogens (tertiary/aromatic N) is 1. The summed E-state index contributed by atoms with van der Waals surface area (Å²) in [6.45, 7) is 13.9. The van der Waals surface area contributed by atoms with Crippen molar-refractivity contribution in [2.24, 2.45) is 40.4 Å².